The molecule has 1 aliphatic rings. The maximum Gasteiger partial charge on any atom is 0.494 e. The Bertz CT molecular complexity index is 6880. The number of benzene rings is 19. The van der Waals surface area contributed by atoms with Gasteiger partial charge >= 0.3 is 7.12 Å². The van der Waals surface area contributed by atoms with Gasteiger partial charge in [-0.05, 0) is 260 Å². The van der Waals surface area contributed by atoms with Gasteiger partial charge in [-0.15, -0.1) is 0 Å². The third kappa shape index (κ3) is 12.9. The Morgan fingerprint density at radius 3 is 0.722 bits per heavy atom. The maximum absolute atomic E-state index is 6.51. The first-order valence-corrected chi connectivity index (χ1v) is 40.8. The Hall–Kier alpha value is -12.7. The highest BCUT2D eigenvalue weighted by Crippen LogP contribution is 2.49. The van der Waals surface area contributed by atoms with E-state index in [0.717, 1.165) is 69.4 Å². The first kappa shape index (κ1) is 71.3. The molecule has 0 N–H and O–H groups in total. The van der Waals surface area contributed by atoms with Crippen LogP contribution in [-0.2, 0) is 9.31 Å². The summed E-state index contributed by atoms with van der Waals surface area (Å²) in [5, 5.41) is 19.5. The van der Waals surface area contributed by atoms with E-state index in [1.807, 2.05) is 24.3 Å². The molecule has 0 spiro atoms. The molecule has 1 fully saturated rings. The van der Waals surface area contributed by atoms with Crippen molar-refractivity contribution in [1.82, 2.24) is 0 Å². The lowest BCUT2D eigenvalue weighted by Crippen LogP contribution is -2.41. The zero-order valence-electron chi connectivity index (χ0n) is 63.8. The number of furan rings is 2. The van der Waals surface area contributed by atoms with Crippen molar-refractivity contribution in [2.24, 2.45) is 0 Å². The first-order chi connectivity index (χ1) is 56.3. The molecule has 0 amide bonds. The molecule has 21 aromatic rings. The molecule has 548 valence electrons. The van der Waals surface area contributed by atoms with Gasteiger partial charge in [-0.2, -0.15) is 0 Å². The van der Waals surface area contributed by atoms with E-state index in [1.165, 1.54) is 143 Å². The van der Waals surface area contributed by atoms with Crippen molar-refractivity contribution in [3.05, 3.63) is 391 Å². The summed E-state index contributed by atoms with van der Waals surface area (Å²) in [4.78, 5) is 0. The highest BCUT2D eigenvalue weighted by Gasteiger charge is 2.52. The lowest BCUT2D eigenvalue weighted by atomic mass is 9.77. The summed E-state index contributed by atoms with van der Waals surface area (Å²) in [5.74, 6) is 0. The minimum absolute atomic E-state index is 0.371. The minimum atomic E-state index is -0.388. The molecule has 0 saturated carbocycles. The molecule has 3 heterocycles. The van der Waals surface area contributed by atoms with Crippen LogP contribution in [0.25, 0.3) is 198 Å². The van der Waals surface area contributed by atoms with E-state index in [4.69, 9.17) is 18.1 Å². The maximum atomic E-state index is 6.51. The Morgan fingerprint density at radius 2 is 0.417 bits per heavy atom. The Morgan fingerprint density at radius 1 is 0.191 bits per heavy atom. The van der Waals surface area contributed by atoms with E-state index < -0.39 is 0 Å². The Balaban J connectivity index is 0.000000141. The first-order valence-electron chi connectivity index (χ1n) is 39.2. The molecule has 2 aromatic heterocycles. The normalized spacial score (nSPS) is 13.2. The lowest BCUT2D eigenvalue weighted by Gasteiger charge is -2.32. The molecule has 0 bridgehead atoms. The average Bonchev–Trinajstić information content (AvgIpc) is 1.33. The van der Waals surface area contributed by atoms with Gasteiger partial charge in [0.2, 0.25) is 0 Å². The zero-order valence-corrected chi connectivity index (χ0v) is 67.0. The monoisotopic (exact) mass is 1600 g/mol. The zero-order chi connectivity index (χ0) is 77.5. The largest absolute Gasteiger partial charge is 0.494 e. The van der Waals surface area contributed by atoms with Gasteiger partial charge < -0.3 is 18.1 Å². The molecule has 0 unspecified atom stereocenters. The number of halogens is 2. The van der Waals surface area contributed by atoms with Gasteiger partial charge in [0.25, 0.3) is 0 Å². The second kappa shape index (κ2) is 29.4. The van der Waals surface area contributed by atoms with Crippen molar-refractivity contribution >= 4 is 153 Å². The van der Waals surface area contributed by atoms with Crippen LogP contribution in [0.4, 0.5) is 0 Å². The highest BCUT2D eigenvalue weighted by molar-refractivity contribution is 9.10. The van der Waals surface area contributed by atoms with Crippen LogP contribution in [0.15, 0.2) is 400 Å². The highest BCUT2D eigenvalue weighted by atomic mass is 79.9. The fourth-order valence-corrected chi connectivity index (χ4v) is 18.2. The Kier molecular flexibility index (Phi) is 18.2. The van der Waals surface area contributed by atoms with Gasteiger partial charge in [0.15, 0.2) is 0 Å². The van der Waals surface area contributed by atoms with Gasteiger partial charge in [-0.25, -0.2) is 0 Å². The number of fused-ring (bicyclic) bond motifs is 12. The topological polar surface area (TPSA) is 44.7 Å². The predicted molar refractivity (Wildman–Crippen MR) is 494 cm³/mol. The molecule has 7 heteroatoms. The van der Waals surface area contributed by atoms with Crippen LogP contribution in [-0.4, -0.2) is 18.3 Å². The summed E-state index contributed by atoms with van der Waals surface area (Å²) in [6.07, 6.45) is 0. The Labute approximate surface area is 684 Å². The van der Waals surface area contributed by atoms with E-state index in [9.17, 15) is 0 Å². The quantitative estimate of drug-likeness (QED) is 0.107. The van der Waals surface area contributed by atoms with Crippen LogP contribution < -0.4 is 5.46 Å². The van der Waals surface area contributed by atoms with Crippen molar-refractivity contribution in [2.75, 3.05) is 0 Å². The van der Waals surface area contributed by atoms with E-state index in [-0.39, 0.29) is 18.3 Å². The number of hydrogen-bond acceptors (Lipinski definition) is 4. The van der Waals surface area contributed by atoms with Crippen molar-refractivity contribution in [2.45, 2.75) is 38.9 Å². The van der Waals surface area contributed by atoms with E-state index in [1.54, 1.807) is 0 Å². The van der Waals surface area contributed by atoms with Crippen molar-refractivity contribution in [3.63, 3.8) is 0 Å². The molecule has 4 nitrogen and oxygen atoms in total. The van der Waals surface area contributed by atoms with Gasteiger partial charge in [0, 0.05) is 30.5 Å². The van der Waals surface area contributed by atoms with Crippen LogP contribution in [0.2, 0.25) is 0 Å². The second-order valence-corrected chi connectivity index (χ2v) is 32.7. The van der Waals surface area contributed by atoms with Gasteiger partial charge in [-0.1, -0.05) is 341 Å². The average molecular weight is 1610 g/mol. The molecule has 19 aromatic carbocycles. The van der Waals surface area contributed by atoms with Crippen LogP contribution in [0, 0.1) is 0 Å². The van der Waals surface area contributed by atoms with E-state index in [2.05, 4.69) is 417 Å². The van der Waals surface area contributed by atoms with Crippen molar-refractivity contribution in [3.8, 4) is 89.0 Å². The fraction of sp³-hybridized carbons (Fsp3) is 0.0556. The molecule has 1 saturated heterocycles. The van der Waals surface area contributed by atoms with Gasteiger partial charge in [0.1, 0.15) is 22.3 Å². The lowest BCUT2D eigenvalue weighted by molar-refractivity contribution is 0.00578. The smallest absolute Gasteiger partial charge is 0.456 e. The third-order valence-corrected chi connectivity index (χ3v) is 24.5. The number of hydrogen-bond donors (Lipinski definition) is 0. The fourth-order valence-electron chi connectivity index (χ4n) is 17.5. The molecule has 0 radical (unpaired) electrons. The summed E-state index contributed by atoms with van der Waals surface area (Å²) >= 11 is 6.94. The molecule has 22 rings (SSSR count). The standard InChI is InChI=1S/C64H40O.C32H29BO2.C12H6Br2O/c1-3-17-41(18-4-1)61-49-25-7-11-29-53(49)63(54-30-12-8-26-50(54)61)47-23-15-21-43(37-47)45-33-35-59-57(39-45)58-40-46(34-36-60(58)65-59)44-22-16-24-48(38-44)64-55-31-13-9-27-51(55)62(42-19-5-2-6-20-42)52-28-10-14-32-56(52)64;1-31(2)32(3,4)35-33(34-31)24-16-12-15-23(21-24)30-27-19-10-8-17-25(27)29(22-13-6-5-7-14-22)26-18-9-11-20-28(26)30;13-7-1-3-11-9(5-7)10-6-8(14)2-4-12(10)15-11/h1-40H;5-21H,1-4H3;1-6H. The van der Waals surface area contributed by atoms with Gasteiger partial charge in [0.05, 0.1) is 11.2 Å². The van der Waals surface area contributed by atoms with E-state index in [0.29, 0.717) is 0 Å². The second-order valence-electron chi connectivity index (χ2n) is 30.9. The third-order valence-electron chi connectivity index (χ3n) is 23.5. The van der Waals surface area contributed by atoms with Crippen molar-refractivity contribution in [1.29, 1.82) is 0 Å². The van der Waals surface area contributed by atoms with Crippen LogP contribution in [0.5, 0.6) is 0 Å². The summed E-state index contributed by atoms with van der Waals surface area (Å²) < 4.78 is 27.1. The van der Waals surface area contributed by atoms with Crippen molar-refractivity contribution < 1.29 is 18.1 Å². The van der Waals surface area contributed by atoms with Gasteiger partial charge in [-0.3, -0.25) is 0 Å². The molecular weight excluding hydrogens is 1530 g/mol. The van der Waals surface area contributed by atoms with Crippen LogP contribution in [0.3, 0.4) is 0 Å². The molecule has 0 atom stereocenters. The predicted octanol–water partition coefficient (Wildman–Crippen LogP) is 30.9. The summed E-state index contributed by atoms with van der Waals surface area (Å²) in [6.45, 7) is 8.39. The summed E-state index contributed by atoms with van der Waals surface area (Å²) in [5.41, 5.74) is 23.4. The van der Waals surface area contributed by atoms with Crippen LogP contribution in [0.1, 0.15) is 27.7 Å². The SMILES string of the molecule is Brc1ccc2oc3ccc(Br)cc3c2c1.CC1(C)OB(c2cccc(-c3c4ccccc4c(-c4ccccc4)c4ccccc34)c2)OC1(C)C.c1ccc(-c2c3ccccc3c(-c3cccc(-c4ccc5oc6ccc(-c7cccc(-c8c9ccccc9c(-c9ccccc9)c9ccccc89)c7)cc6c5c4)c3)c3ccccc23)cc1. The molecular formula is C108H75BBr2O4. The number of rotatable bonds is 9. The molecule has 115 heavy (non-hydrogen) atoms. The summed E-state index contributed by atoms with van der Waals surface area (Å²) in [7, 11) is -0.388. The molecule has 1 aliphatic heterocycles. The minimum Gasteiger partial charge on any atom is -0.456 e. The molecule has 0 aliphatic carbocycles. The van der Waals surface area contributed by atoms with Crippen LogP contribution >= 0.6 is 31.9 Å². The summed E-state index contributed by atoms with van der Waals surface area (Å²) in [6, 6.07) is 137. The van der Waals surface area contributed by atoms with E-state index >= 15 is 0 Å².